The number of halogens is 1. The van der Waals surface area contributed by atoms with E-state index in [-0.39, 0.29) is 5.91 Å². The zero-order valence-electron chi connectivity index (χ0n) is 9.50. The van der Waals surface area contributed by atoms with Crippen molar-refractivity contribution in [2.24, 2.45) is 0 Å². The van der Waals surface area contributed by atoms with Crippen molar-refractivity contribution in [1.29, 1.82) is 0 Å². The van der Waals surface area contributed by atoms with Gasteiger partial charge in [-0.25, -0.2) is 0 Å². The lowest BCUT2D eigenvalue weighted by Gasteiger charge is -2.15. The summed E-state index contributed by atoms with van der Waals surface area (Å²) in [5.74, 6) is 0.644. The third kappa shape index (κ3) is 8.66. The van der Waals surface area contributed by atoms with Crippen LogP contribution in [-0.4, -0.2) is 56.7 Å². The molecular weight excluding hydrogens is 218 g/mol. The lowest BCUT2D eigenvalue weighted by molar-refractivity contribution is -0.130. The number of hydrogen-bond donors (Lipinski definition) is 0. The van der Waals surface area contributed by atoms with Gasteiger partial charge in [0.25, 0.3) is 0 Å². The van der Waals surface area contributed by atoms with Gasteiger partial charge in [0.05, 0.1) is 26.4 Å². The lowest BCUT2D eigenvalue weighted by atomic mass is 10.4. The molecule has 0 radical (unpaired) electrons. The minimum Gasteiger partial charge on any atom is -0.378 e. The molecule has 0 fully saturated rings. The molecule has 0 aliphatic heterocycles. The van der Waals surface area contributed by atoms with E-state index < -0.39 is 0 Å². The fourth-order valence-corrected chi connectivity index (χ4v) is 1.08. The van der Waals surface area contributed by atoms with Crippen LogP contribution in [0.2, 0.25) is 0 Å². The third-order valence-corrected chi connectivity index (χ3v) is 2.05. The summed E-state index contributed by atoms with van der Waals surface area (Å²) in [6.07, 6.45) is 0.537. The molecule has 4 nitrogen and oxygen atoms in total. The van der Waals surface area contributed by atoms with Gasteiger partial charge in [0.15, 0.2) is 0 Å². The van der Waals surface area contributed by atoms with Gasteiger partial charge >= 0.3 is 0 Å². The summed E-state index contributed by atoms with van der Waals surface area (Å²) in [5.41, 5.74) is 0. The maximum atomic E-state index is 11.1. The van der Waals surface area contributed by atoms with Crippen LogP contribution in [0.15, 0.2) is 0 Å². The zero-order chi connectivity index (χ0) is 11.5. The minimum absolute atomic E-state index is 0.136. The molecule has 0 aliphatic rings. The Morgan fingerprint density at radius 1 is 1.20 bits per heavy atom. The molecule has 0 aliphatic carbocycles. The molecule has 0 aromatic carbocycles. The average Bonchev–Trinajstić information content (AvgIpc) is 2.26. The third-order valence-electron chi connectivity index (χ3n) is 1.89. The lowest BCUT2D eigenvalue weighted by Crippen LogP contribution is -2.29. The van der Waals surface area contributed by atoms with Crippen LogP contribution in [0.3, 0.4) is 0 Å². The summed E-state index contributed by atoms with van der Waals surface area (Å²) in [6, 6.07) is 0. The smallest absolute Gasteiger partial charge is 0.222 e. The quantitative estimate of drug-likeness (QED) is 0.446. The minimum atomic E-state index is 0.136. The highest BCUT2D eigenvalue weighted by atomic mass is 35.5. The largest absolute Gasteiger partial charge is 0.378 e. The molecule has 0 rings (SSSR count). The van der Waals surface area contributed by atoms with E-state index in [1.165, 1.54) is 0 Å². The van der Waals surface area contributed by atoms with Gasteiger partial charge in [0, 0.05) is 25.9 Å². The van der Waals surface area contributed by atoms with Crippen LogP contribution in [0.1, 0.15) is 13.3 Å². The molecule has 0 N–H and O–H groups in total. The maximum Gasteiger partial charge on any atom is 0.222 e. The van der Waals surface area contributed by atoms with Crippen molar-refractivity contribution in [3.05, 3.63) is 0 Å². The SMILES string of the molecule is CCC(=O)N(C)CCOCCOCCCl. The van der Waals surface area contributed by atoms with Crippen LogP contribution in [0, 0.1) is 0 Å². The predicted octanol–water partition coefficient (Wildman–Crippen LogP) is 1.13. The first-order valence-corrected chi connectivity index (χ1v) is 5.71. The number of hydrogen-bond acceptors (Lipinski definition) is 3. The van der Waals surface area contributed by atoms with Crippen LogP contribution < -0.4 is 0 Å². The van der Waals surface area contributed by atoms with Gasteiger partial charge in [0.1, 0.15) is 0 Å². The van der Waals surface area contributed by atoms with E-state index >= 15 is 0 Å². The Morgan fingerprint density at radius 2 is 1.80 bits per heavy atom. The van der Waals surface area contributed by atoms with Crippen LogP contribution in [0.5, 0.6) is 0 Å². The van der Waals surface area contributed by atoms with E-state index in [4.69, 9.17) is 21.1 Å². The number of ether oxygens (including phenoxy) is 2. The zero-order valence-corrected chi connectivity index (χ0v) is 10.3. The molecule has 0 unspecified atom stereocenters. The second-order valence-electron chi connectivity index (χ2n) is 3.08. The topological polar surface area (TPSA) is 38.8 Å². The molecule has 0 bridgehead atoms. The van der Waals surface area contributed by atoms with Gasteiger partial charge < -0.3 is 14.4 Å². The van der Waals surface area contributed by atoms with Crippen molar-refractivity contribution >= 4 is 17.5 Å². The molecule has 1 amide bonds. The van der Waals surface area contributed by atoms with Gasteiger partial charge in [0.2, 0.25) is 5.91 Å². The Kier molecular flexibility index (Phi) is 9.99. The Balaban J connectivity index is 3.20. The van der Waals surface area contributed by atoms with Crippen molar-refractivity contribution < 1.29 is 14.3 Å². The Labute approximate surface area is 96.5 Å². The number of rotatable bonds is 9. The van der Waals surface area contributed by atoms with E-state index in [0.717, 1.165) is 0 Å². The molecule has 0 spiro atoms. The van der Waals surface area contributed by atoms with E-state index in [9.17, 15) is 4.79 Å². The van der Waals surface area contributed by atoms with Crippen molar-refractivity contribution in [3.63, 3.8) is 0 Å². The Hall–Kier alpha value is -0.320. The predicted molar refractivity (Wildman–Crippen MR) is 60.3 cm³/mol. The molecule has 0 aromatic heterocycles. The summed E-state index contributed by atoms with van der Waals surface area (Å²) < 4.78 is 10.4. The van der Waals surface area contributed by atoms with Crippen molar-refractivity contribution in [1.82, 2.24) is 4.90 Å². The monoisotopic (exact) mass is 237 g/mol. The Morgan fingerprint density at radius 3 is 2.33 bits per heavy atom. The Bertz CT molecular complexity index is 167. The standard InChI is InChI=1S/C10H20ClNO3/c1-3-10(13)12(2)5-7-15-9-8-14-6-4-11/h3-9H2,1-2H3. The van der Waals surface area contributed by atoms with Gasteiger partial charge in [-0.15, -0.1) is 11.6 Å². The number of carbonyl (C=O) groups is 1. The summed E-state index contributed by atoms with van der Waals surface area (Å²) in [5, 5.41) is 0. The summed E-state index contributed by atoms with van der Waals surface area (Å²) in [6.45, 7) is 4.68. The van der Waals surface area contributed by atoms with E-state index in [0.29, 0.717) is 45.3 Å². The molecule has 0 saturated heterocycles. The summed E-state index contributed by atoms with van der Waals surface area (Å²) in [4.78, 5) is 12.8. The molecule has 0 heterocycles. The van der Waals surface area contributed by atoms with Crippen molar-refractivity contribution in [2.75, 3.05) is 45.9 Å². The van der Waals surface area contributed by atoms with Crippen LogP contribution in [-0.2, 0) is 14.3 Å². The van der Waals surface area contributed by atoms with Crippen molar-refractivity contribution in [2.45, 2.75) is 13.3 Å². The number of amides is 1. The van der Waals surface area contributed by atoms with Gasteiger partial charge in [-0.3, -0.25) is 4.79 Å². The van der Waals surface area contributed by atoms with E-state index in [1.807, 2.05) is 6.92 Å². The van der Waals surface area contributed by atoms with Gasteiger partial charge in [-0.1, -0.05) is 6.92 Å². The number of alkyl halides is 1. The normalized spacial score (nSPS) is 10.3. The van der Waals surface area contributed by atoms with Crippen LogP contribution in [0.25, 0.3) is 0 Å². The van der Waals surface area contributed by atoms with Gasteiger partial charge in [-0.2, -0.15) is 0 Å². The van der Waals surface area contributed by atoms with E-state index in [2.05, 4.69) is 0 Å². The van der Waals surface area contributed by atoms with Crippen molar-refractivity contribution in [3.8, 4) is 0 Å². The molecule has 90 valence electrons. The first-order valence-electron chi connectivity index (χ1n) is 5.17. The van der Waals surface area contributed by atoms with E-state index in [1.54, 1.807) is 11.9 Å². The van der Waals surface area contributed by atoms with Crippen LogP contribution in [0.4, 0.5) is 0 Å². The molecule has 5 heteroatoms. The highest BCUT2D eigenvalue weighted by Crippen LogP contribution is 1.89. The first-order chi connectivity index (χ1) is 7.22. The second kappa shape index (κ2) is 10.2. The molecule has 0 saturated carbocycles. The first kappa shape index (κ1) is 14.7. The second-order valence-corrected chi connectivity index (χ2v) is 3.46. The number of carbonyl (C=O) groups excluding carboxylic acids is 1. The van der Waals surface area contributed by atoms with Gasteiger partial charge in [-0.05, 0) is 0 Å². The molecule has 0 atom stereocenters. The fourth-order valence-electron chi connectivity index (χ4n) is 0.973. The fraction of sp³-hybridized carbons (Fsp3) is 0.900. The number of nitrogens with zero attached hydrogens (tertiary/aromatic N) is 1. The summed E-state index contributed by atoms with van der Waals surface area (Å²) >= 11 is 5.42. The molecule has 0 aromatic rings. The highest BCUT2D eigenvalue weighted by molar-refractivity contribution is 6.17. The van der Waals surface area contributed by atoms with Crippen LogP contribution >= 0.6 is 11.6 Å². The highest BCUT2D eigenvalue weighted by Gasteiger charge is 2.04. The number of likely N-dealkylation sites (N-methyl/N-ethyl adjacent to an activating group) is 1. The summed E-state index contributed by atoms with van der Waals surface area (Å²) in [7, 11) is 1.78. The molecular formula is C10H20ClNO3. The average molecular weight is 238 g/mol. The molecule has 15 heavy (non-hydrogen) atoms. The maximum absolute atomic E-state index is 11.1.